The second-order valence-corrected chi connectivity index (χ2v) is 7.53. The fourth-order valence-electron chi connectivity index (χ4n) is 3.79. The third-order valence-corrected chi connectivity index (χ3v) is 6.20. The molecule has 3 nitrogen and oxygen atoms in total. The highest BCUT2D eigenvalue weighted by atomic mass is 32.1. The predicted molar refractivity (Wildman–Crippen MR) is 91.8 cm³/mol. The molecule has 0 radical (unpaired) electrons. The molecule has 1 atom stereocenters. The summed E-state index contributed by atoms with van der Waals surface area (Å²) in [7, 11) is 0. The van der Waals surface area contributed by atoms with Gasteiger partial charge in [-0.3, -0.25) is 4.79 Å². The predicted octanol–water partition coefficient (Wildman–Crippen LogP) is 3.36. The minimum absolute atomic E-state index is 0.102. The van der Waals surface area contributed by atoms with Crippen LogP contribution in [0.25, 0.3) is 0 Å². The average molecular weight is 327 g/mol. The maximum absolute atomic E-state index is 12.9. The van der Waals surface area contributed by atoms with E-state index in [9.17, 15) is 9.90 Å². The second kappa shape index (κ2) is 5.77. The Morgan fingerprint density at radius 3 is 2.78 bits per heavy atom. The summed E-state index contributed by atoms with van der Waals surface area (Å²) in [4.78, 5) is 15.7. The van der Waals surface area contributed by atoms with E-state index in [2.05, 4.69) is 5.38 Å². The number of nitrogens with zero attached hydrogens (tertiary/aromatic N) is 1. The number of amides is 1. The van der Waals surface area contributed by atoms with Crippen molar-refractivity contribution in [2.24, 2.45) is 0 Å². The van der Waals surface area contributed by atoms with E-state index < -0.39 is 5.60 Å². The molecule has 0 spiro atoms. The van der Waals surface area contributed by atoms with E-state index >= 15 is 0 Å². The maximum Gasteiger partial charge on any atom is 0.264 e. The minimum Gasteiger partial charge on any atom is -0.383 e. The van der Waals surface area contributed by atoms with Crippen LogP contribution in [0.15, 0.2) is 35.7 Å². The number of likely N-dealkylation sites (tertiary alicyclic amines) is 1. The molecule has 2 aliphatic rings. The van der Waals surface area contributed by atoms with Gasteiger partial charge in [-0.05, 0) is 54.2 Å². The lowest BCUT2D eigenvalue weighted by molar-refractivity contribution is 0.0418. The molecule has 1 saturated heterocycles. The molecule has 0 saturated carbocycles. The highest BCUT2D eigenvalue weighted by Gasteiger charge is 2.40. The Morgan fingerprint density at radius 1 is 1.17 bits per heavy atom. The summed E-state index contributed by atoms with van der Waals surface area (Å²) in [5, 5.41) is 13.1. The fourth-order valence-corrected chi connectivity index (χ4v) is 4.92. The zero-order valence-corrected chi connectivity index (χ0v) is 13.9. The summed E-state index contributed by atoms with van der Waals surface area (Å²) in [5.74, 6) is 0.102. The molecule has 4 rings (SSSR count). The van der Waals surface area contributed by atoms with Crippen molar-refractivity contribution >= 4 is 17.2 Å². The third kappa shape index (κ3) is 2.60. The summed E-state index contributed by atoms with van der Waals surface area (Å²) >= 11 is 1.58. The van der Waals surface area contributed by atoms with Crippen LogP contribution in [0.3, 0.4) is 0 Å². The van der Waals surface area contributed by atoms with Gasteiger partial charge >= 0.3 is 0 Å². The van der Waals surface area contributed by atoms with E-state index in [-0.39, 0.29) is 5.91 Å². The van der Waals surface area contributed by atoms with Crippen LogP contribution in [0.2, 0.25) is 0 Å². The van der Waals surface area contributed by atoms with Gasteiger partial charge in [-0.25, -0.2) is 0 Å². The molecular formula is C19H21NO2S. The number of β-amino-alcohol motifs (C(OH)–C–C–N with tert-alkyl or cyclic N) is 1. The van der Waals surface area contributed by atoms with Gasteiger partial charge in [0.25, 0.3) is 5.91 Å². The number of hydrogen-bond donors (Lipinski definition) is 1. The molecule has 120 valence electrons. The first kappa shape index (κ1) is 14.9. The largest absolute Gasteiger partial charge is 0.383 e. The van der Waals surface area contributed by atoms with Crippen molar-refractivity contribution in [3.63, 3.8) is 0 Å². The molecule has 4 heteroatoms. The van der Waals surface area contributed by atoms with Crippen LogP contribution >= 0.6 is 11.3 Å². The number of thiophene rings is 1. The third-order valence-electron chi connectivity index (χ3n) is 5.14. The van der Waals surface area contributed by atoms with Gasteiger partial charge < -0.3 is 10.0 Å². The molecule has 23 heavy (non-hydrogen) atoms. The van der Waals surface area contributed by atoms with Crippen LogP contribution in [-0.4, -0.2) is 29.0 Å². The molecule has 0 unspecified atom stereocenters. The van der Waals surface area contributed by atoms with Crippen molar-refractivity contribution in [2.45, 2.75) is 37.7 Å². The Balaban J connectivity index is 1.56. The number of benzene rings is 1. The Hall–Kier alpha value is -1.65. The monoisotopic (exact) mass is 327 g/mol. The zero-order valence-electron chi connectivity index (χ0n) is 13.1. The van der Waals surface area contributed by atoms with Gasteiger partial charge in [0.15, 0.2) is 0 Å². The highest BCUT2D eigenvalue weighted by molar-refractivity contribution is 7.12. The molecule has 1 aromatic carbocycles. The molecule has 1 aromatic heterocycles. The second-order valence-electron chi connectivity index (χ2n) is 6.65. The van der Waals surface area contributed by atoms with Gasteiger partial charge in [0.05, 0.1) is 11.4 Å². The Morgan fingerprint density at radius 2 is 1.96 bits per heavy atom. The van der Waals surface area contributed by atoms with Crippen LogP contribution in [0.5, 0.6) is 0 Å². The molecule has 0 bridgehead atoms. The van der Waals surface area contributed by atoms with Crippen molar-refractivity contribution in [1.29, 1.82) is 0 Å². The zero-order chi connectivity index (χ0) is 15.9. The van der Waals surface area contributed by atoms with Crippen LogP contribution in [0.1, 0.15) is 45.6 Å². The van der Waals surface area contributed by atoms with E-state index in [4.69, 9.17) is 0 Å². The molecule has 1 N–H and O–H groups in total. The molecular weight excluding hydrogens is 306 g/mol. The highest BCUT2D eigenvalue weighted by Crippen LogP contribution is 2.35. The standard InChI is InChI=1S/C19H21NO2S/c21-18(17-16-9-5-4-6-14(16)12-23-17)20-11-10-19(22,13-20)15-7-2-1-3-8-15/h1-3,7-8,12,22H,4-6,9-11,13H2/t19-/m0/s1. The molecule has 2 heterocycles. The average Bonchev–Trinajstić information content (AvgIpc) is 3.20. The first-order valence-corrected chi connectivity index (χ1v) is 9.22. The van der Waals surface area contributed by atoms with Gasteiger partial charge in [-0.15, -0.1) is 11.3 Å². The summed E-state index contributed by atoms with van der Waals surface area (Å²) in [5.41, 5.74) is 2.63. The molecule has 1 amide bonds. The van der Waals surface area contributed by atoms with E-state index in [1.54, 1.807) is 11.3 Å². The van der Waals surface area contributed by atoms with E-state index in [0.717, 1.165) is 23.3 Å². The van der Waals surface area contributed by atoms with E-state index in [0.29, 0.717) is 19.5 Å². The SMILES string of the molecule is O=C(c1scc2c1CCCC2)N1CC[C@@](O)(c2ccccc2)C1. The van der Waals surface area contributed by atoms with Crippen LogP contribution in [0, 0.1) is 0 Å². The Kier molecular flexibility index (Phi) is 3.74. The van der Waals surface area contributed by atoms with Gasteiger partial charge in [0.2, 0.25) is 0 Å². The summed E-state index contributed by atoms with van der Waals surface area (Å²) < 4.78 is 0. The number of aryl methyl sites for hydroxylation is 1. The van der Waals surface area contributed by atoms with Gasteiger partial charge in [0.1, 0.15) is 5.60 Å². The fraction of sp³-hybridized carbons (Fsp3) is 0.421. The van der Waals surface area contributed by atoms with Crippen LogP contribution < -0.4 is 0 Å². The number of rotatable bonds is 2. The number of fused-ring (bicyclic) bond motifs is 1. The van der Waals surface area contributed by atoms with Gasteiger partial charge in [0, 0.05) is 6.54 Å². The van der Waals surface area contributed by atoms with Gasteiger partial charge in [-0.1, -0.05) is 30.3 Å². The normalized spacial score (nSPS) is 23.8. The van der Waals surface area contributed by atoms with Crippen molar-refractivity contribution in [1.82, 2.24) is 4.90 Å². The van der Waals surface area contributed by atoms with E-state index in [1.165, 1.54) is 24.0 Å². The number of hydrogen-bond acceptors (Lipinski definition) is 3. The summed E-state index contributed by atoms with van der Waals surface area (Å²) in [6.45, 7) is 1.01. The molecule has 1 fully saturated rings. The molecule has 1 aliphatic heterocycles. The number of carbonyl (C=O) groups excluding carboxylic acids is 1. The first-order valence-electron chi connectivity index (χ1n) is 8.34. The van der Waals surface area contributed by atoms with Gasteiger partial charge in [-0.2, -0.15) is 0 Å². The molecule has 1 aliphatic carbocycles. The quantitative estimate of drug-likeness (QED) is 0.919. The van der Waals surface area contributed by atoms with Crippen molar-refractivity contribution in [3.8, 4) is 0 Å². The van der Waals surface area contributed by atoms with Crippen molar-refractivity contribution in [2.75, 3.05) is 13.1 Å². The first-order chi connectivity index (χ1) is 11.2. The minimum atomic E-state index is -0.908. The number of aliphatic hydroxyl groups is 1. The topological polar surface area (TPSA) is 40.5 Å². The summed E-state index contributed by atoms with van der Waals surface area (Å²) in [6.07, 6.45) is 5.15. The maximum atomic E-state index is 12.9. The van der Waals surface area contributed by atoms with Crippen LogP contribution in [-0.2, 0) is 18.4 Å². The Labute approximate surface area is 140 Å². The number of carbonyl (C=O) groups is 1. The summed E-state index contributed by atoms with van der Waals surface area (Å²) in [6, 6.07) is 9.71. The smallest absolute Gasteiger partial charge is 0.264 e. The van der Waals surface area contributed by atoms with Crippen molar-refractivity contribution < 1.29 is 9.90 Å². The lowest BCUT2D eigenvalue weighted by atomic mass is 9.93. The van der Waals surface area contributed by atoms with Crippen LogP contribution in [0.4, 0.5) is 0 Å². The molecule has 2 aromatic rings. The van der Waals surface area contributed by atoms with E-state index in [1.807, 2.05) is 35.2 Å². The lowest BCUT2D eigenvalue weighted by Crippen LogP contribution is -2.34. The Bertz CT molecular complexity index is 724. The van der Waals surface area contributed by atoms with Crippen molar-refractivity contribution in [3.05, 3.63) is 57.3 Å². The lowest BCUT2D eigenvalue weighted by Gasteiger charge is -2.24.